The predicted octanol–water partition coefficient (Wildman–Crippen LogP) is 3.84. The maximum absolute atomic E-state index is 8.51. The third-order valence-electron chi connectivity index (χ3n) is 2.15. The molecule has 0 aromatic carbocycles. The molecule has 0 unspecified atom stereocenters. The molecule has 0 saturated carbocycles. The highest BCUT2D eigenvalue weighted by Gasteiger charge is 1.85. The highest BCUT2D eigenvalue weighted by atomic mass is 16.2. The van der Waals surface area contributed by atoms with Gasteiger partial charge in [0.2, 0.25) is 0 Å². The zero-order valence-corrected chi connectivity index (χ0v) is 9.41. The number of allylic oxidation sites excluding steroid dienone is 3. The molecular formula is C13H24O. The average Bonchev–Trinajstić information content (AvgIpc) is 2.21. The monoisotopic (exact) mass is 196 g/mol. The van der Waals surface area contributed by atoms with Crippen molar-refractivity contribution in [3.05, 3.63) is 24.3 Å². The topological polar surface area (TPSA) is 20.2 Å². The van der Waals surface area contributed by atoms with E-state index in [9.17, 15) is 0 Å². The molecule has 0 aromatic heterocycles. The van der Waals surface area contributed by atoms with E-state index in [2.05, 4.69) is 19.1 Å². The van der Waals surface area contributed by atoms with Crippen LogP contribution in [0.5, 0.6) is 0 Å². The molecule has 0 aliphatic heterocycles. The second kappa shape index (κ2) is 12.4. The highest BCUT2D eigenvalue weighted by Crippen LogP contribution is 2.05. The molecule has 0 saturated heterocycles. The quantitative estimate of drug-likeness (QED) is 0.439. The summed E-state index contributed by atoms with van der Waals surface area (Å²) in [5.41, 5.74) is 0. The van der Waals surface area contributed by atoms with Crippen LogP contribution in [-0.2, 0) is 0 Å². The Morgan fingerprint density at radius 3 is 2.14 bits per heavy atom. The van der Waals surface area contributed by atoms with E-state index in [1.807, 2.05) is 12.2 Å². The number of hydrogen-bond donors (Lipinski definition) is 1. The lowest BCUT2D eigenvalue weighted by Crippen LogP contribution is -1.76. The number of aliphatic hydroxyl groups is 1. The minimum absolute atomic E-state index is 0.251. The summed E-state index contributed by atoms with van der Waals surface area (Å²) < 4.78 is 0. The van der Waals surface area contributed by atoms with E-state index in [1.165, 1.54) is 38.5 Å². The molecule has 0 aliphatic carbocycles. The van der Waals surface area contributed by atoms with Crippen LogP contribution < -0.4 is 0 Å². The van der Waals surface area contributed by atoms with Crippen LogP contribution in [0.3, 0.4) is 0 Å². The molecule has 1 heteroatoms. The molecular weight excluding hydrogens is 172 g/mol. The molecule has 0 heterocycles. The summed E-state index contributed by atoms with van der Waals surface area (Å²) >= 11 is 0. The van der Waals surface area contributed by atoms with Gasteiger partial charge in [0, 0.05) is 6.61 Å². The van der Waals surface area contributed by atoms with E-state index in [4.69, 9.17) is 5.11 Å². The molecule has 14 heavy (non-hydrogen) atoms. The maximum atomic E-state index is 8.51. The van der Waals surface area contributed by atoms with E-state index in [1.54, 1.807) is 0 Å². The van der Waals surface area contributed by atoms with Crippen molar-refractivity contribution in [1.82, 2.24) is 0 Å². The number of unbranched alkanes of at least 4 members (excludes halogenated alkanes) is 5. The second-order valence-electron chi connectivity index (χ2n) is 3.57. The summed E-state index contributed by atoms with van der Waals surface area (Å²) in [4.78, 5) is 0. The number of aliphatic hydroxyl groups excluding tert-OH is 1. The van der Waals surface area contributed by atoms with Crippen molar-refractivity contribution in [3.63, 3.8) is 0 Å². The van der Waals surface area contributed by atoms with E-state index >= 15 is 0 Å². The lowest BCUT2D eigenvalue weighted by Gasteiger charge is -1.95. The van der Waals surface area contributed by atoms with Crippen LogP contribution in [0.15, 0.2) is 24.3 Å². The van der Waals surface area contributed by atoms with Gasteiger partial charge in [-0.15, -0.1) is 0 Å². The van der Waals surface area contributed by atoms with Crippen LogP contribution in [0.1, 0.15) is 51.9 Å². The Morgan fingerprint density at radius 2 is 1.50 bits per heavy atom. The zero-order chi connectivity index (χ0) is 10.5. The van der Waals surface area contributed by atoms with Crippen LogP contribution in [0.4, 0.5) is 0 Å². The average molecular weight is 196 g/mol. The molecule has 0 bridgehead atoms. The van der Waals surface area contributed by atoms with E-state index in [-0.39, 0.29) is 6.61 Å². The van der Waals surface area contributed by atoms with Gasteiger partial charge in [0.1, 0.15) is 0 Å². The van der Waals surface area contributed by atoms with Crippen LogP contribution in [0, 0.1) is 0 Å². The third-order valence-corrected chi connectivity index (χ3v) is 2.15. The SMILES string of the molecule is CCCCCCC/C=C\C=C\CCO. The van der Waals surface area contributed by atoms with Gasteiger partial charge in [-0.2, -0.15) is 0 Å². The van der Waals surface area contributed by atoms with Crippen molar-refractivity contribution in [3.8, 4) is 0 Å². The number of rotatable bonds is 9. The Kier molecular flexibility index (Phi) is 11.9. The Balaban J connectivity index is 3.10. The molecule has 0 fully saturated rings. The fourth-order valence-electron chi connectivity index (χ4n) is 1.29. The van der Waals surface area contributed by atoms with Crippen LogP contribution in [-0.4, -0.2) is 11.7 Å². The maximum Gasteiger partial charge on any atom is 0.0465 e. The van der Waals surface area contributed by atoms with Crippen molar-refractivity contribution in [2.24, 2.45) is 0 Å². The van der Waals surface area contributed by atoms with Gasteiger partial charge in [-0.05, 0) is 19.3 Å². The van der Waals surface area contributed by atoms with Crippen molar-refractivity contribution < 1.29 is 5.11 Å². The van der Waals surface area contributed by atoms with Gasteiger partial charge in [0.25, 0.3) is 0 Å². The molecule has 1 nitrogen and oxygen atoms in total. The highest BCUT2D eigenvalue weighted by molar-refractivity contribution is 5.02. The Bertz CT molecular complexity index is 147. The third kappa shape index (κ3) is 11.4. The summed E-state index contributed by atoms with van der Waals surface area (Å²) in [5, 5.41) is 8.51. The van der Waals surface area contributed by atoms with Gasteiger partial charge < -0.3 is 5.11 Å². The summed E-state index contributed by atoms with van der Waals surface area (Å²) in [6.45, 7) is 2.49. The van der Waals surface area contributed by atoms with E-state index < -0.39 is 0 Å². The summed E-state index contributed by atoms with van der Waals surface area (Å²) in [6, 6.07) is 0. The molecule has 1 N–H and O–H groups in total. The molecule has 0 rings (SSSR count). The first kappa shape index (κ1) is 13.4. The molecule has 0 radical (unpaired) electrons. The normalized spacial score (nSPS) is 11.9. The molecule has 0 spiro atoms. The standard InChI is InChI=1S/C13H24O/c1-2-3-4-5-6-7-8-9-10-11-12-13-14/h8-11,14H,2-7,12-13H2,1H3/b9-8-,11-10+. The fraction of sp³-hybridized carbons (Fsp3) is 0.692. The largest absolute Gasteiger partial charge is 0.396 e. The molecule has 0 atom stereocenters. The smallest absolute Gasteiger partial charge is 0.0465 e. The second-order valence-corrected chi connectivity index (χ2v) is 3.57. The zero-order valence-electron chi connectivity index (χ0n) is 9.41. The first-order chi connectivity index (χ1) is 6.91. The summed E-state index contributed by atoms with van der Waals surface area (Å²) in [5.74, 6) is 0. The van der Waals surface area contributed by atoms with Gasteiger partial charge in [-0.25, -0.2) is 0 Å². The lowest BCUT2D eigenvalue weighted by atomic mass is 10.1. The van der Waals surface area contributed by atoms with E-state index in [0.717, 1.165) is 6.42 Å². The van der Waals surface area contributed by atoms with Gasteiger partial charge in [0.15, 0.2) is 0 Å². The van der Waals surface area contributed by atoms with Crippen molar-refractivity contribution in [2.75, 3.05) is 6.61 Å². The van der Waals surface area contributed by atoms with E-state index in [0.29, 0.717) is 0 Å². The minimum Gasteiger partial charge on any atom is -0.396 e. The first-order valence-electron chi connectivity index (χ1n) is 5.84. The molecule has 82 valence electrons. The minimum atomic E-state index is 0.251. The molecule has 0 aliphatic rings. The molecule has 0 amide bonds. The van der Waals surface area contributed by atoms with Crippen LogP contribution in [0.25, 0.3) is 0 Å². The first-order valence-corrected chi connectivity index (χ1v) is 5.84. The van der Waals surface area contributed by atoms with Crippen LogP contribution >= 0.6 is 0 Å². The van der Waals surface area contributed by atoms with Gasteiger partial charge in [-0.1, -0.05) is 56.9 Å². The summed E-state index contributed by atoms with van der Waals surface area (Å²) in [7, 11) is 0. The lowest BCUT2D eigenvalue weighted by molar-refractivity contribution is 0.302. The van der Waals surface area contributed by atoms with Gasteiger partial charge >= 0.3 is 0 Å². The van der Waals surface area contributed by atoms with Gasteiger partial charge in [-0.3, -0.25) is 0 Å². The Hall–Kier alpha value is -0.560. The predicted molar refractivity (Wildman–Crippen MR) is 63.4 cm³/mol. The summed E-state index contributed by atoms with van der Waals surface area (Å²) in [6.07, 6.45) is 17.0. The van der Waals surface area contributed by atoms with Crippen molar-refractivity contribution in [2.45, 2.75) is 51.9 Å². The van der Waals surface area contributed by atoms with Crippen molar-refractivity contribution >= 4 is 0 Å². The van der Waals surface area contributed by atoms with Crippen molar-refractivity contribution in [1.29, 1.82) is 0 Å². The van der Waals surface area contributed by atoms with Gasteiger partial charge in [0.05, 0.1) is 0 Å². The Morgan fingerprint density at radius 1 is 0.857 bits per heavy atom. The fourth-order valence-corrected chi connectivity index (χ4v) is 1.29. The Labute approximate surface area is 88.5 Å². The molecule has 0 aromatic rings. The van der Waals surface area contributed by atoms with Crippen LogP contribution in [0.2, 0.25) is 0 Å². The number of hydrogen-bond acceptors (Lipinski definition) is 1.